The summed E-state index contributed by atoms with van der Waals surface area (Å²) in [6.07, 6.45) is 0. The molecule has 0 spiro atoms. The summed E-state index contributed by atoms with van der Waals surface area (Å²) >= 11 is 11.4. The zero-order valence-corrected chi connectivity index (χ0v) is 14.4. The van der Waals surface area contributed by atoms with Crippen LogP contribution in [0.15, 0.2) is 28.7 Å². The van der Waals surface area contributed by atoms with Gasteiger partial charge in [-0.05, 0) is 55.3 Å². The Morgan fingerprint density at radius 2 is 2.00 bits per heavy atom. The molecule has 0 radical (unpaired) electrons. The molecule has 19 heavy (non-hydrogen) atoms. The van der Waals surface area contributed by atoms with Crippen LogP contribution in [0.4, 0.5) is 0 Å². The highest BCUT2D eigenvalue weighted by atomic mass is 79.9. The van der Waals surface area contributed by atoms with Crippen molar-refractivity contribution in [2.24, 2.45) is 0 Å². The summed E-state index contributed by atoms with van der Waals surface area (Å²) in [4.78, 5) is 1.27. The van der Waals surface area contributed by atoms with Gasteiger partial charge < -0.3 is 5.32 Å². The number of hydrogen-bond acceptors (Lipinski definition) is 2. The monoisotopic (exact) mass is 357 g/mol. The lowest BCUT2D eigenvalue weighted by Crippen LogP contribution is -2.21. The highest BCUT2D eigenvalue weighted by molar-refractivity contribution is 9.10. The molecular formula is C15H17BrClNS. The Morgan fingerprint density at radius 3 is 2.53 bits per heavy atom. The molecule has 0 aliphatic rings. The van der Waals surface area contributed by atoms with Crippen LogP contribution >= 0.6 is 38.9 Å². The second-order valence-corrected chi connectivity index (χ2v) is 7.20. The van der Waals surface area contributed by atoms with E-state index in [2.05, 4.69) is 66.3 Å². The van der Waals surface area contributed by atoms with E-state index in [-0.39, 0.29) is 6.04 Å². The summed E-state index contributed by atoms with van der Waals surface area (Å²) < 4.78 is 2.00. The molecule has 1 unspecified atom stereocenters. The van der Waals surface area contributed by atoms with E-state index in [4.69, 9.17) is 11.6 Å². The minimum absolute atomic E-state index is 0.217. The van der Waals surface area contributed by atoms with E-state index in [0.29, 0.717) is 0 Å². The molecule has 0 aliphatic heterocycles. The van der Waals surface area contributed by atoms with Crippen molar-refractivity contribution in [2.75, 3.05) is 6.54 Å². The summed E-state index contributed by atoms with van der Waals surface area (Å²) in [6, 6.07) is 8.82. The molecule has 2 rings (SSSR count). The summed E-state index contributed by atoms with van der Waals surface area (Å²) in [5.41, 5.74) is 3.74. The summed E-state index contributed by atoms with van der Waals surface area (Å²) in [6.45, 7) is 7.25. The van der Waals surface area contributed by atoms with E-state index in [9.17, 15) is 0 Å². The molecule has 0 saturated heterocycles. The smallest absolute Gasteiger partial charge is 0.0961 e. The van der Waals surface area contributed by atoms with Crippen LogP contribution in [0.2, 0.25) is 4.34 Å². The van der Waals surface area contributed by atoms with E-state index in [1.54, 1.807) is 11.3 Å². The molecule has 1 heterocycles. The van der Waals surface area contributed by atoms with Crippen LogP contribution < -0.4 is 5.32 Å². The third-order valence-electron chi connectivity index (χ3n) is 3.11. The Hall–Kier alpha value is -0.350. The largest absolute Gasteiger partial charge is 0.306 e. The maximum Gasteiger partial charge on any atom is 0.0961 e. The number of benzene rings is 1. The fourth-order valence-electron chi connectivity index (χ4n) is 2.16. The maximum atomic E-state index is 6.21. The molecule has 1 nitrogen and oxygen atoms in total. The van der Waals surface area contributed by atoms with E-state index in [0.717, 1.165) is 20.9 Å². The van der Waals surface area contributed by atoms with Crippen LogP contribution in [0.1, 0.15) is 34.5 Å². The Morgan fingerprint density at radius 1 is 1.26 bits per heavy atom. The van der Waals surface area contributed by atoms with Gasteiger partial charge in [0, 0.05) is 9.35 Å². The van der Waals surface area contributed by atoms with Gasteiger partial charge in [-0.3, -0.25) is 0 Å². The SMILES string of the molecule is CCNC(c1cc(C)c(Cl)s1)c1ccc(Br)cc1C. The first kappa shape index (κ1) is 15.0. The van der Waals surface area contributed by atoms with Gasteiger partial charge >= 0.3 is 0 Å². The minimum atomic E-state index is 0.217. The summed E-state index contributed by atoms with van der Waals surface area (Å²) in [7, 11) is 0. The molecule has 0 saturated carbocycles. The van der Waals surface area contributed by atoms with Gasteiger partial charge in [-0.2, -0.15) is 0 Å². The molecule has 0 aliphatic carbocycles. The molecule has 4 heteroatoms. The van der Waals surface area contributed by atoms with Crippen LogP contribution in [0.3, 0.4) is 0 Å². The number of halogens is 2. The molecule has 1 aromatic carbocycles. The van der Waals surface area contributed by atoms with Gasteiger partial charge in [0.25, 0.3) is 0 Å². The summed E-state index contributed by atoms with van der Waals surface area (Å²) in [5.74, 6) is 0. The average Bonchev–Trinajstić information content (AvgIpc) is 2.67. The van der Waals surface area contributed by atoms with Gasteiger partial charge in [0.15, 0.2) is 0 Å². The fraction of sp³-hybridized carbons (Fsp3) is 0.333. The lowest BCUT2D eigenvalue weighted by atomic mass is 10.00. The molecule has 0 bridgehead atoms. The molecule has 2 aromatic rings. The van der Waals surface area contributed by atoms with Crippen LogP contribution in [-0.2, 0) is 0 Å². The molecule has 102 valence electrons. The second-order valence-electron chi connectivity index (χ2n) is 4.60. The molecule has 0 amide bonds. The van der Waals surface area contributed by atoms with Crippen molar-refractivity contribution < 1.29 is 0 Å². The van der Waals surface area contributed by atoms with E-state index < -0.39 is 0 Å². The highest BCUT2D eigenvalue weighted by Gasteiger charge is 2.18. The quantitative estimate of drug-likeness (QED) is 0.763. The van der Waals surface area contributed by atoms with Crippen LogP contribution in [0.5, 0.6) is 0 Å². The number of rotatable bonds is 4. The van der Waals surface area contributed by atoms with Gasteiger partial charge in [-0.15, -0.1) is 11.3 Å². The first-order valence-electron chi connectivity index (χ1n) is 6.28. The van der Waals surface area contributed by atoms with E-state index in [1.165, 1.54) is 16.0 Å². The van der Waals surface area contributed by atoms with Gasteiger partial charge in [-0.1, -0.05) is 40.5 Å². The normalized spacial score (nSPS) is 12.7. The molecule has 1 atom stereocenters. The molecular weight excluding hydrogens is 342 g/mol. The van der Waals surface area contributed by atoms with Crippen LogP contribution in [0.25, 0.3) is 0 Å². The predicted molar refractivity (Wildman–Crippen MR) is 88.5 cm³/mol. The molecule has 1 N–H and O–H groups in total. The highest BCUT2D eigenvalue weighted by Crippen LogP contribution is 2.35. The topological polar surface area (TPSA) is 12.0 Å². The zero-order chi connectivity index (χ0) is 14.0. The van der Waals surface area contributed by atoms with Crippen molar-refractivity contribution in [3.63, 3.8) is 0 Å². The van der Waals surface area contributed by atoms with Gasteiger partial charge in [0.1, 0.15) is 0 Å². The lowest BCUT2D eigenvalue weighted by Gasteiger charge is -2.19. The van der Waals surface area contributed by atoms with E-state index >= 15 is 0 Å². The van der Waals surface area contributed by atoms with Gasteiger partial charge in [-0.25, -0.2) is 0 Å². The number of thiophene rings is 1. The van der Waals surface area contributed by atoms with E-state index in [1.807, 2.05) is 0 Å². The van der Waals surface area contributed by atoms with Crippen LogP contribution in [-0.4, -0.2) is 6.54 Å². The fourth-order valence-corrected chi connectivity index (χ4v) is 3.94. The first-order valence-corrected chi connectivity index (χ1v) is 8.27. The van der Waals surface area contributed by atoms with Gasteiger partial charge in [0.05, 0.1) is 10.4 Å². The molecule has 0 fully saturated rings. The van der Waals surface area contributed by atoms with Crippen molar-refractivity contribution in [1.29, 1.82) is 0 Å². The van der Waals surface area contributed by atoms with Gasteiger partial charge in [0.2, 0.25) is 0 Å². The summed E-state index contributed by atoms with van der Waals surface area (Å²) in [5, 5.41) is 3.55. The molecule has 1 aromatic heterocycles. The van der Waals surface area contributed by atoms with Crippen molar-refractivity contribution in [1.82, 2.24) is 5.32 Å². The van der Waals surface area contributed by atoms with Crippen molar-refractivity contribution in [3.05, 3.63) is 54.6 Å². The lowest BCUT2D eigenvalue weighted by molar-refractivity contribution is 0.636. The second kappa shape index (κ2) is 6.40. The Bertz CT molecular complexity index is 560. The predicted octanol–water partition coefficient (Wildman–Crippen LogP) is 5.48. The van der Waals surface area contributed by atoms with Crippen molar-refractivity contribution in [3.8, 4) is 0 Å². The standard InChI is InChI=1S/C15H17BrClNS/c1-4-18-14(13-8-10(3)15(17)19-13)12-6-5-11(16)7-9(12)2/h5-8,14,18H,4H2,1-3H3. The Kier molecular flexibility index (Phi) is 5.07. The Balaban J connectivity index is 2.44. The third kappa shape index (κ3) is 3.40. The van der Waals surface area contributed by atoms with Crippen molar-refractivity contribution in [2.45, 2.75) is 26.8 Å². The maximum absolute atomic E-state index is 6.21. The number of nitrogens with one attached hydrogen (secondary N) is 1. The first-order chi connectivity index (χ1) is 9.02. The number of aryl methyl sites for hydroxylation is 2. The minimum Gasteiger partial charge on any atom is -0.306 e. The van der Waals surface area contributed by atoms with Crippen LogP contribution in [0, 0.1) is 13.8 Å². The van der Waals surface area contributed by atoms with Crippen molar-refractivity contribution >= 4 is 38.9 Å². The Labute approximate surface area is 132 Å². The number of hydrogen-bond donors (Lipinski definition) is 1. The third-order valence-corrected chi connectivity index (χ3v) is 5.23. The average molecular weight is 359 g/mol. The zero-order valence-electron chi connectivity index (χ0n) is 11.3.